The van der Waals surface area contributed by atoms with Gasteiger partial charge in [-0.1, -0.05) is 40.6 Å². The first-order valence-electron chi connectivity index (χ1n) is 8.39. The third-order valence-corrected chi connectivity index (χ3v) is 5.50. The fourth-order valence-electron chi connectivity index (χ4n) is 2.95. The van der Waals surface area contributed by atoms with Crippen LogP contribution in [0.3, 0.4) is 0 Å². The van der Waals surface area contributed by atoms with E-state index in [1.807, 2.05) is 12.2 Å². The molecular formula is C17H27BrN2O3. The number of aliphatic hydroxyl groups excluding tert-OH is 1. The Bertz CT molecular complexity index is 461. The summed E-state index contributed by atoms with van der Waals surface area (Å²) in [6, 6.07) is 0. The molecule has 2 rings (SSSR count). The van der Waals surface area contributed by atoms with Gasteiger partial charge in [-0.2, -0.15) is 0 Å². The molecule has 3 N–H and O–H groups in total. The number of nitrogens with zero attached hydrogens (tertiary/aromatic N) is 1. The van der Waals surface area contributed by atoms with Crippen molar-refractivity contribution < 1.29 is 14.6 Å². The Morgan fingerprint density at radius 1 is 1.39 bits per heavy atom. The molecule has 23 heavy (non-hydrogen) atoms. The highest BCUT2D eigenvalue weighted by Crippen LogP contribution is 2.28. The van der Waals surface area contributed by atoms with Crippen LogP contribution >= 0.6 is 15.9 Å². The van der Waals surface area contributed by atoms with Gasteiger partial charge in [-0.25, -0.2) is 4.79 Å². The predicted octanol–water partition coefficient (Wildman–Crippen LogP) is 1.75. The topological polar surface area (TPSA) is 75.8 Å². The van der Waals surface area contributed by atoms with Crippen molar-refractivity contribution >= 4 is 21.9 Å². The van der Waals surface area contributed by atoms with Crippen LogP contribution in [0.4, 0.5) is 0 Å². The quantitative estimate of drug-likeness (QED) is 0.396. The lowest BCUT2D eigenvalue weighted by atomic mass is 9.88. The Morgan fingerprint density at radius 3 is 2.78 bits per heavy atom. The maximum Gasteiger partial charge on any atom is 0.337 e. The molecule has 0 aromatic rings. The van der Waals surface area contributed by atoms with Gasteiger partial charge in [-0.05, 0) is 38.8 Å². The van der Waals surface area contributed by atoms with Gasteiger partial charge in [0.15, 0.2) is 0 Å². The van der Waals surface area contributed by atoms with Crippen LogP contribution in [0.1, 0.15) is 32.1 Å². The molecule has 1 heterocycles. The second-order valence-corrected chi connectivity index (χ2v) is 7.36. The van der Waals surface area contributed by atoms with Crippen molar-refractivity contribution in [1.82, 2.24) is 4.90 Å². The van der Waals surface area contributed by atoms with E-state index in [9.17, 15) is 4.79 Å². The summed E-state index contributed by atoms with van der Waals surface area (Å²) in [6.45, 7) is 3.43. The summed E-state index contributed by atoms with van der Waals surface area (Å²) in [5.41, 5.74) is 6.57. The maximum atomic E-state index is 12.0. The van der Waals surface area contributed by atoms with Crippen LogP contribution in [0.5, 0.6) is 0 Å². The minimum Gasteiger partial charge on any atom is -0.462 e. The number of rotatable bonds is 7. The molecule has 0 aromatic heterocycles. The number of carbonyl (C=O) groups excluding carboxylic acids is 1. The zero-order chi connectivity index (χ0) is 16.7. The first-order valence-corrected chi connectivity index (χ1v) is 9.31. The number of unbranched alkanes of at least 4 members (excludes halogenated alkanes) is 1. The van der Waals surface area contributed by atoms with Crippen molar-refractivity contribution in [3.05, 3.63) is 23.8 Å². The molecule has 0 radical (unpaired) electrons. The number of likely N-dealkylation sites (tertiary alicyclic amines) is 1. The summed E-state index contributed by atoms with van der Waals surface area (Å²) in [6.07, 6.45) is 10.6. The average Bonchev–Trinajstić information content (AvgIpc) is 2.55. The van der Waals surface area contributed by atoms with Crippen LogP contribution in [0.15, 0.2) is 23.8 Å². The molecule has 1 aliphatic carbocycles. The highest BCUT2D eigenvalue weighted by Gasteiger charge is 2.35. The second kappa shape index (κ2) is 8.97. The molecular weight excluding hydrogens is 360 g/mol. The Labute approximate surface area is 146 Å². The van der Waals surface area contributed by atoms with E-state index in [0.29, 0.717) is 25.0 Å². The molecule has 1 fully saturated rings. The fourth-order valence-corrected chi connectivity index (χ4v) is 3.53. The zero-order valence-corrected chi connectivity index (χ0v) is 15.1. The van der Waals surface area contributed by atoms with Crippen molar-refractivity contribution in [2.75, 3.05) is 32.8 Å². The normalized spacial score (nSPS) is 28.5. The Morgan fingerprint density at radius 2 is 2.13 bits per heavy atom. The Balaban J connectivity index is 1.88. The molecule has 0 saturated carbocycles. The van der Waals surface area contributed by atoms with Crippen LogP contribution < -0.4 is 5.73 Å². The largest absolute Gasteiger partial charge is 0.462 e. The number of halogens is 1. The van der Waals surface area contributed by atoms with Crippen LogP contribution in [-0.2, 0) is 9.53 Å². The van der Waals surface area contributed by atoms with Gasteiger partial charge >= 0.3 is 5.97 Å². The van der Waals surface area contributed by atoms with Gasteiger partial charge in [0.1, 0.15) is 0 Å². The number of alkyl halides is 1. The van der Waals surface area contributed by atoms with Gasteiger partial charge in [0.05, 0.1) is 22.5 Å². The molecule has 1 saturated heterocycles. The van der Waals surface area contributed by atoms with E-state index in [2.05, 4.69) is 20.8 Å². The summed E-state index contributed by atoms with van der Waals surface area (Å²) < 4.78 is 5.21. The van der Waals surface area contributed by atoms with Crippen LogP contribution in [-0.4, -0.2) is 59.2 Å². The Kier molecular flexibility index (Phi) is 7.27. The van der Waals surface area contributed by atoms with E-state index < -0.39 is 5.54 Å². The molecule has 0 aromatic carbocycles. The highest BCUT2D eigenvalue weighted by atomic mass is 79.9. The fraction of sp³-hybridized carbons (Fsp3) is 0.706. The molecule has 2 atom stereocenters. The van der Waals surface area contributed by atoms with E-state index in [4.69, 9.17) is 15.6 Å². The summed E-state index contributed by atoms with van der Waals surface area (Å²) in [5.74, 6) is -0.330. The molecule has 2 aliphatic rings. The predicted molar refractivity (Wildman–Crippen MR) is 94.4 cm³/mol. The van der Waals surface area contributed by atoms with Gasteiger partial charge in [0.2, 0.25) is 0 Å². The number of aliphatic hydroxyl groups is 1. The summed E-state index contributed by atoms with van der Waals surface area (Å²) in [4.78, 5) is 14.3. The molecule has 5 nitrogen and oxygen atoms in total. The van der Waals surface area contributed by atoms with Gasteiger partial charge in [0.25, 0.3) is 0 Å². The van der Waals surface area contributed by atoms with Gasteiger partial charge in [-0.15, -0.1) is 0 Å². The van der Waals surface area contributed by atoms with Crippen LogP contribution in [0.2, 0.25) is 0 Å². The van der Waals surface area contributed by atoms with Crippen molar-refractivity contribution in [3.8, 4) is 0 Å². The van der Waals surface area contributed by atoms with E-state index in [1.54, 1.807) is 6.08 Å². The number of esters is 1. The third kappa shape index (κ3) is 5.41. The van der Waals surface area contributed by atoms with Crippen LogP contribution in [0, 0.1) is 0 Å². The SMILES string of the molecule is NC1(CN2CCCCC2)C=CC(C(=O)OCCCCO)=CC1Br. The summed E-state index contributed by atoms with van der Waals surface area (Å²) >= 11 is 3.62. The number of hydrogen-bond donors (Lipinski definition) is 2. The second-order valence-electron chi connectivity index (χ2n) is 6.37. The van der Waals surface area contributed by atoms with E-state index >= 15 is 0 Å². The summed E-state index contributed by atoms with van der Waals surface area (Å²) in [7, 11) is 0. The standard InChI is InChI=1S/C17H27BrN2O3/c18-15-12-14(16(22)23-11-5-4-10-21)6-7-17(15,19)13-20-8-2-1-3-9-20/h6-7,12,15,21H,1-5,8-11,13,19H2. The first kappa shape index (κ1) is 18.6. The molecule has 130 valence electrons. The van der Waals surface area contributed by atoms with Crippen LogP contribution in [0.25, 0.3) is 0 Å². The van der Waals surface area contributed by atoms with E-state index in [1.165, 1.54) is 19.3 Å². The minimum atomic E-state index is -0.502. The third-order valence-electron chi connectivity index (χ3n) is 4.38. The molecule has 6 heteroatoms. The molecule has 2 unspecified atom stereocenters. The van der Waals surface area contributed by atoms with E-state index in [-0.39, 0.29) is 17.4 Å². The summed E-state index contributed by atoms with van der Waals surface area (Å²) in [5, 5.41) is 8.72. The Hall–Kier alpha value is -0.690. The van der Waals surface area contributed by atoms with Crippen molar-refractivity contribution in [3.63, 3.8) is 0 Å². The average molecular weight is 387 g/mol. The molecule has 0 spiro atoms. The van der Waals surface area contributed by atoms with Crippen molar-refractivity contribution in [2.45, 2.75) is 42.5 Å². The zero-order valence-electron chi connectivity index (χ0n) is 13.5. The van der Waals surface area contributed by atoms with Gasteiger partial charge < -0.3 is 20.5 Å². The van der Waals surface area contributed by atoms with Crippen molar-refractivity contribution in [2.24, 2.45) is 5.73 Å². The monoisotopic (exact) mass is 386 g/mol. The molecule has 0 amide bonds. The number of ether oxygens (including phenoxy) is 1. The lowest BCUT2D eigenvalue weighted by Gasteiger charge is -2.38. The number of hydrogen-bond acceptors (Lipinski definition) is 5. The number of nitrogens with two attached hydrogens (primary N) is 1. The van der Waals surface area contributed by atoms with Gasteiger partial charge in [0, 0.05) is 13.2 Å². The maximum absolute atomic E-state index is 12.0. The highest BCUT2D eigenvalue weighted by molar-refractivity contribution is 9.09. The smallest absolute Gasteiger partial charge is 0.337 e. The van der Waals surface area contributed by atoms with E-state index in [0.717, 1.165) is 19.6 Å². The molecule has 1 aliphatic heterocycles. The number of piperidine rings is 1. The molecule has 0 bridgehead atoms. The van der Waals surface area contributed by atoms with Crippen molar-refractivity contribution in [1.29, 1.82) is 0 Å². The lowest BCUT2D eigenvalue weighted by molar-refractivity contribution is -0.138. The minimum absolute atomic E-state index is 0.0954. The lowest BCUT2D eigenvalue weighted by Crippen LogP contribution is -2.56. The number of carbonyl (C=O) groups is 1. The first-order chi connectivity index (χ1) is 11.0. The van der Waals surface area contributed by atoms with Gasteiger partial charge in [-0.3, -0.25) is 0 Å².